The maximum Gasteiger partial charge on any atom is 0.355 e. The number of carboxylic acid groups (broad SMARTS) is 1. The van der Waals surface area contributed by atoms with Crippen LogP contribution in [0.3, 0.4) is 0 Å². The Bertz CT molecular complexity index is 409. The molecule has 0 aromatic carbocycles. The molecule has 0 unspecified atom stereocenters. The molecule has 1 aromatic rings. The molecule has 100 valence electrons. The lowest BCUT2D eigenvalue weighted by atomic mass is 9.93. The molecule has 1 saturated heterocycles. The van der Waals surface area contributed by atoms with E-state index in [2.05, 4.69) is 23.7 Å². The number of hydrogen-bond acceptors (Lipinski definition) is 4. The van der Waals surface area contributed by atoms with Crippen molar-refractivity contribution < 1.29 is 9.90 Å². The monoisotopic (exact) mass is 268 g/mol. The fraction of sp³-hybridized carbons (Fsp3) is 0.692. The van der Waals surface area contributed by atoms with Gasteiger partial charge in [0.1, 0.15) is 0 Å². The highest BCUT2D eigenvalue weighted by Gasteiger charge is 2.22. The molecule has 0 spiro atoms. The Balaban J connectivity index is 1.85. The normalized spacial score (nSPS) is 18.4. The second-order valence-corrected chi connectivity index (χ2v) is 6.15. The van der Waals surface area contributed by atoms with Crippen LogP contribution in [0.15, 0.2) is 5.38 Å². The number of carbonyl (C=O) groups is 1. The second kappa shape index (κ2) is 5.80. The maximum absolute atomic E-state index is 10.8. The molecule has 0 amide bonds. The minimum atomic E-state index is -0.924. The third kappa shape index (κ3) is 3.29. The molecule has 1 N–H and O–H groups in total. The summed E-state index contributed by atoms with van der Waals surface area (Å²) in [6, 6.07) is 0.629. The average Bonchev–Trinajstić information content (AvgIpc) is 2.78. The van der Waals surface area contributed by atoms with Crippen LogP contribution in [0.2, 0.25) is 0 Å². The fourth-order valence-corrected chi connectivity index (χ4v) is 3.31. The summed E-state index contributed by atoms with van der Waals surface area (Å²) in [5, 5.41) is 11.4. The van der Waals surface area contributed by atoms with Crippen LogP contribution in [-0.4, -0.2) is 40.1 Å². The van der Waals surface area contributed by atoms with E-state index in [1.165, 1.54) is 24.2 Å². The molecule has 2 heterocycles. The molecule has 0 saturated carbocycles. The van der Waals surface area contributed by atoms with Crippen molar-refractivity contribution in [2.45, 2.75) is 39.2 Å². The number of hydrogen-bond donors (Lipinski definition) is 1. The van der Waals surface area contributed by atoms with Gasteiger partial charge in [-0.05, 0) is 45.7 Å². The third-order valence-electron chi connectivity index (χ3n) is 3.61. The molecule has 0 atom stereocenters. The molecule has 0 radical (unpaired) electrons. The van der Waals surface area contributed by atoms with Crippen molar-refractivity contribution in [1.29, 1.82) is 0 Å². The van der Waals surface area contributed by atoms with Crippen LogP contribution in [0.4, 0.5) is 0 Å². The molecule has 2 rings (SSSR count). The number of thiazole rings is 1. The van der Waals surface area contributed by atoms with Gasteiger partial charge in [0.25, 0.3) is 0 Å². The summed E-state index contributed by atoms with van der Waals surface area (Å²) in [6.07, 6.45) is 3.32. The average molecular weight is 268 g/mol. The number of carboxylic acids is 1. The number of piperidine rings is 1. The third-order valence-corrected chi connectivity index (χ3v) is 4.48. The van der Waals surface area contributed by atoms with Gasteiger partial charge >= 0.3 is 5.97 Å². The molecule has 18 heavy (non-hydrogen) atoms. The summed E-state index contributed by atoms with van der Waals surface area (Å²) in [7, 11) is 0. The molecule has 1 aliphatic rings. The molecule has 1 aliphatic heterocycles. The first-order valence-corrected chi connectivity index (χ1v) is 7.36. The van der Waals surface area contributed by atoms with Crippen LogP contribution >= 0.6 is 11.3 Å². The minimum absolute atomic E-state index is 0.189. The van der Waals surface area contributed by atoms with E-state index in [0.717, 1.165) is 24.5 Å². The van der Waals surface area contributed by atoms with Gasteiger partial charge in [-0.3, -0.25) is 0 Å². The van der Waals surface area contributed by atoms with Crippen LogP contribution in [-0.2, 0) is 6.42 Å². The Morgan fingerprint density at radius 1 is 1.56 bits per heavy atom. The first-order valence-electron chi connectivity index (χ1n) is 6.48. The SMILES string of the molecule is CC(C)N1CCC(Cc2nc(C(=O)O)cs2)CC1. The van der Waals surface area contributed by atoms with Crippen molar-refractivity contribution in [2.24, 2.45) is 5.92 Å². The molecule has 1 fully saturated rings. The number of aromatic nitrogens is 1. The molecule has 0 bridgehead atoms. The summed E-state index contributed by atoms with van der Waals surface area (Å²) in [4.78, 5) is 17.4. The smallest absolute Gasteiger partial charge is 0.355 e. The van der Waals surface area contributed by atoms with Crippen molar-refractivity contribution in [2.75, 3.05) is 13.1 Å². The Kier molecular flexibility index (Phi) is 4.35. The summed E-state index contributed by atoms with van der Waals surface area (Å²) in [6.45, 7) is 6.78. The second-order valence-electron chi connectivity index (χ2n) is 5.21. The number of aromatic carboxylic acids is 1. The highest BCUT2D eigenvalue weighted by Crippen LogP contribution is 2.24. The van der Waals surface area contributed by atoms with E-state index in [1.807, 2.05) is 0 Å². The highest BCUT2D eigenvalue weighted by molar-refractivity contribution is 7.09. The predicted octanol–water partition coefficient (Wildman–Crippen LogP) is 2.50. The van der Waals surface area contributed by atoms with E-state index < -0.39 is 5.97 Å². The Labute approximate surface area is 112 Å². The molecule has 5 heteroatoms. The van der Waals surface area contributed by atoms with Gasteiger partial charge in [-0.1, -0.05) is 0 Å². The number of nitrogens with zero attached hydrogens (tertiary/aromatic N) is 2. The van der Waals surface area contributed by atoms with Crippen LogP contribution in [0.5, 0.6) is 0 Å². The van der Waals surface area contributed by atoms with Crippen molar-refractivity contribution in [3.63, 3.8) is 0 Å². The van der Waals surface area contributed by atoms with Gasteiger partial charge in [0.15, 0.2) is 5.69 Å². The zero-order valence-corrected chi connectivity index (χ0v) is 11.7. The van der Waals surface area contributed by atoms with Crippen molar-refractivity contribution in [3.05, 3.63) is 16.1 Å². The van der Waals surface area contributed by atoms with Gasteiger partial charge in [-0.15, -0.1) is 11.3 Å². The Hall–Kier alpha value is -0.940. The lowest BCUT2D eigenvalue weighted by Gasteiger charge is -2.34. The van der Waals surface area contributed by atoms with E-state index >= 15 is 0 Å². The molecular formula is C13H20N2O2S. The number of likely N-dealkylation sites (tertiary alicyclic amines) is 1. The van der Waals surface area contributed by atoms with Gasteiger partial charge in [-0.2, -0.15) is 0 Å². The van der Waals surface area contributed by atoms with Gasteiger partial charge in [0.05, 0.1) is 5.01 Å². The summed E-state index contributed by atoms with van der Waals surface area (Å²) >= 11 is 1.47. The van der Waals surface area contributed by atoms with Crippen LogP contribution in [0.1, 0.15) is 42.2 Å². The number of rotatable bonds is 4. The lowest BCUT2D eigenvalue weighted by molar-refractivity contribution is 0.0691. The quantitative estimate of drug-likeness (QED) is 0.911. The Morgan fingerprint density at radius 2 is 2.22 bits per heavy atom. The van der Waals surface area contributed by atoms with E-state index in [9.17, 15) is 4.79 Å². The first-order chi connectivity index (χ1) is 8.56. The van der Waals surface area contributed by atoms with E-state index in [4.69, 9.17) is 5.11 Å². The molecule has 4 nitrogen and oxygen atoms in total. The Morgan fingerprint density at radius 3 is 2.72 bits per heavy atom. The van der Waals surface area contributed by atoms with Crippen LogP contribution in [0, 0.1) is 5.92 Å². The highest BCUT2D eigenvalue weighted by atomic mass is 32.1. The molecule has 1 aromatic heterocycles. The topological polar surface area (TPSA) is 53.4 Å². The van der Waals surface area contributed by atoms with Gasteiger partial charge in [0.2, 0.25) is 0 Å². The van der Waals surface area contributed by atoms with E-state index in [-0.39, 0.29) is 5.69 Å². The zero-order chi connectivity index (χ0) is 13.1. The van der Waals surface area contributed by atoms with Gasteiger partial charge in [-0.25, -0.2) is 9.78 Å². The lowest BCUT2D eigenvalue weighted by Crippen LogP contribution is -2.38. The standard InChI is InChI=1S/C13H20N2O2S/c1-9(2)15-5-3-10(4-6-15)7-12-14-11(8-18-12)13(16)17/h8-10H,3-7H2,1-2H3,(H,16,17). The minimum Gasteiger partial charge on any atom is -0.476 e. The first kappa shape index (κ1) is 13.5. The van der Waals surface area contributed by atoms with Crippen molar-refractivity contribution in [3.8, 4) is 0 Å². The van der Waals surface area contributed by atoms with Crippen molar-refractivity contribution >= 4 is 17.3 Å². The van der Waals surface area contributed by atoms with Gasteiger partial charge in [0, 0.05) is 17.8 Å². The van der Waals surface area contributed by atoms with E-state index in [1.54, 1.807) is 5.38 Å². The van der Waals surface area contributed by atoms with Gasteiger partial charge < -0.3 is 10.0 Å². The largest absolute Gasteiger partial charge is 0.476 e. The van der Waals surface area contributed by atoms with Crippen molar-refractivity contribution in [1.82, 2.24) is 9.88 Å². The molecular weight excluding hydrogens is 248 g/mol. The summed E-state index contributed by atoms with van der Waals surface area (Å²) in [5.74, 6) is -0.264. The fourth-order valence-electron chi connectivity index (χ4n) is 2.42. The summed E-state index contributed by atoms with van der Waals surface area (Å²) < 4.78 is 0. The summed E-state index contributed by atoms with van der Waals surface area (Å²) in [5.41, 5.74) is 0.189. The maximum atomic E-state index is 10.8. The van der Waals surface area contributed by atoms with E-state index in [0.29, 0.717) is 12.0 Å². The molecule has 0 aliphatic carbocycles. The van der Waals surface area contributed by atoms with Crippen LogP contribution < -0.4 is 0 Å². The predicted molar refractivity (Wildman–Crippen MR) is 72.2 cm³/mol. The zero-order valence-electron chi connectivity index (χ0n) is 10.9. The van der Waals surface area contributed by atoms with Crippen LogP contribution in [0.25, 0.3) is 0 Å².